The molecule has 0 aromatic heterocycles. The number of carbonyl (C=O) groups is 1. The van der Waals surface area contributed by atoms with Gasteiger partial charge in [0.05, 0.1) is 12.0 Å². The van der Waals surface area contributed by atoms with Crippen LogP contribution >= 0.6 is 11.6 Å². The summed E-state index contributed by atoms with van der Waals surface area (Å²) in [4.78, 5) is 14.9. The standard InChI is InChI=1S/C19H20ClFN2O/c1-13(16-7-2-3-8-17(16)21)19(24)23-10-9-22-12-18(23)14-5-4-6-15(20)11-14/h2-8,11,13,18,22H,9-10,12H2,1H3. The van der Waals surface area contributed by atoms with Crippen LogP contribution in [-0.2, 0) is 4.79 Å². The van der Waals surface area contributed by atoms with Crippen molar-refractivity contribution < 1.29 is 9.18 Å². The van der Waals surface area contributed by atoms with Crippen LogP contribution < -0.4 is 5.32 Å². The van der Waals surface area contributed by atoms with E-state index in [1.54, 1.807) is 25.1 Å². The van der Waals surface area contributed by atoms with Gasteiger partial charge in [-0.1, -0.05) is 41.9 Å². The number of hydrogen-bond donors (Lipinski definition) is 1. The molecule has 0 bridgehead atoms. The summed E-state index contributed by atoms with van der Waals surface area (Å²) in [5.74, 6) is -0.926. The smallest absolute Gasteiger partial charge is 0.230 e. The Balaban J connectivity index is 1.87. The van der Waals surface area contributed by atoms with Gasteiger partial charge in [-0.2, -0.15) is 0 Å². The van der Waals surface area contributed by atoms with Crippen molar-refractivity contribution in [3.8, 4) is 0 Å². The second-order valence-electron chi connectivity index (χ2n) is 6.05. The molecule has 0 saturated carbocycles. The molecular weight excluding hydrogens is 327 g/mol. The van der Waals surface area contributed by atoms with Crippen LogP contribution in [-0.4, -0.2) is 30.4 Å². The highest BCUT2D eigenvalue weighted by Gasteiger charge is 2.32. The minimum atomic E-state index is -0.522. The first-order valence-corrected chi connectivity index (χ1v) is 8.47. The first kappa shape index (κ1) is 16.9. The van der Waals surface area contributed by atoms with Crippen LogP contribution in [0.25, 0.3) is 0 Å². The normalized spacial score (nSPS) is 19.1. The number of nitrogens with one attached hydrogen (secondary N) is 1. The van der Waals surface area contributed by atoms with E-state index in [-0.39, 0.29) is 17.8 Å². The monoisotopic (exact) mass is 346 g/mol. The molecule has 5 heteroatoms. The van der Waals surface area contributed by atoms with E-state index in [1.165, 1.54) is 6.07 Å². The zero-order valence-corrected chi connectivity index (χ0v) is 14.3. The zero-order valence-electron chi connectivity index (χ0n) is 13.5. The maximum Gasteiger partial charge on any atom is 0.230 e. The van der Waals surface area contributed by atoms with Crippen LogP contribution in [0.2, 0.25) is 5.02 Å². The molecule has 1 amide bonds. The molecular formula is C19H20ClFN2O. The number of hydrogen-bond acceptors (Lipinski definition) is 2. The van der Waals surface area contributed by atoms with Gasteiger partial charge < -0.3 is 10.2 Å². The molecule has 0 aliphatic carbocycles. The summed E-state index contributed by atoms with van der Waals surface area (Å²) in [6, 6.07) is 13.9. The van der Waals surface area contributed by atoms with Crippen LogP contribution in [0.4, 0.5) is 4.39 Å². The van der Waals surface area contributed by atoms with Crippen molar-refractivity contribution in [3.05, 3.63) is 70.5 Å². The largest absolute Gasteiger partial charge is 0.333 e. The van der Waals surface area contributed by atoms with Crippen molar-refractivity contribution >= 4 is 17.5 Å². The van der Waals surface area contributed by atoms with E-state index in [0.717, 1.165) is 12.1 Å². The quantitative estimate of drug-likeness (QED) is 0.917. The van der Waals surface area contributed by atoms with E-state index >= 15 is 0 Å². The number of piperazine rings is 1. The summed E-state index contributed by atoms with van der Waals surface area (Å²) < 4.78 is 14.0. The lowest BCUT2D eigenvalue weighted by molar-refractivity contribution is -0.135. The Kier molecular flexibility index (Phi) is 5.17. The summed E-state index contributed by atoms with van der Waals surface area (Å²) in [5, 5.41) is 3.96. The molecule has 3 nitrogen and oxygen atoms in total. The second-order valence-corrected chi connectivity index (χ2v) is 6.49. The van der Waals surface area contributed by atoms with Crippen molar-refractivity contribution in [1.82, 2.24) is 10.2 Å². The number of amides is 1. The molecule has 126 valence electrons. The van der Waals surface area contributed by atoms with Gasteiger partial charge >= 0.3 is 0 Å². The highest BCUT2D eigenvalue weighted by Crippen LogP contribution is 2.29. The zero-order chi connectivity index (χ0) is 17.1. The third-order valence-corrected chi connectivity index (χ3v) is 4.74. The molecule has 2 atom stereocenters. The maximum absolute atomic E-state index is 14.0. The number of benzene rings is 2. The fraction of sp³-hybridized carbons (Fsp3) is 0.316. The van der Waals surface area contributed by atoms with Gasteiger partial charge in [-0.3, -0.25) is 4.79 Å². The SMILES string of the molecule is CC(C(=O)N1CCNCC1c1cccc(Cl)c1)c1ccccc1F. The van der Waals surface area contributed by atoms with Crippen LogP contribution in [0.15, 0.2) is 48.5 Å². The highest BCUT2D eigenvalue weighted by molar-refractivity contribution is 6.30. The number of rotatable bonds is 3. The number of carbonyl (C=O) groups excluding carboxylic acids is 1. The van der Waals surface area contributed by atoms with E-state index in [4.69, 9.17) is 11.6 Å². The summed E-state index contributed by atoms with van der Waals surface area (Å²) in [6.07, 6.45) is 0. The van der Waals surface area contributed by atoms with Gasteiger partial charge in [-0.05, 0) is 36.2 Å². The van der Waals surface area contributed by atoms with Crippen molar-refractivity contribution in [2.24, 2.45) is 0 Å². The lowest BCUT2D eigenvalue weighted by atomic mass is 9.96. The molecule has 24 heavy (non-hydrogen) atoms. The van der Waals surface area contributed by atoms with Gasteiger partial charge in [0, 0.05) is 24.7 Å². The lowest BCUT2D eigenvalue weighted by Gasteiger charge is -2.38. The number of halogens is 2. The first-order chi connectivity index (χ1) is 11.6. The molecule has 1 heterocycles. The van der Waals surface area contributed by atoms with Crippen LogP contribution in [0.3, 0.4) is 0 Å². The average molecular weight is 347 g/mol. The summed E-state index contributed by atoms with van der Waals surface area (Å²) in [5.41, 5.74) is 1.43. The Bertz CT molecular complexity index is 737. The fourth-order valence-electron chi connectivity index (χ4n) is 3.19. The van der Waals surface area contributed by atoms with Crippen molar-refractivity contribution in [2.45, 2.75) is 18.9 Å². The van der Waals surface area contributed by atoms with Crippen LogP contribution in [0, 0.1) is 5.82 Å². The predicted molar refractivity (Wildman–Crippen MR) is 93.6 cm³/mol. The fourth-order valence-corrected chi connectivity index (χ4v) is 3.39. The van der Waals surface area contributed by atoms with Crippen molar-refractivity contribution in [1.29, 1.82) is 0 Å². The Hall–Kier alpha value is -1.91. The maximum atomic E-state index is 14.0. The molecule has 1 saturated heterocycles. The molecule has 1 aliphatic heterocycles. The molecule has 1 aliphatic rings. The van der Waals surface area contributed by atoms with Gasteiger partial charge in [0.25, 0.3) is 0 Å². The first-order valence-electron chi connectivity index (χ1n) is 8.09. The average Bonchev–Trinajstić information content (AvgIpc) is 2.61. The van der Waals surface area contributed by atoms with Gasteiger partial charge in [0.15, 0.2) is 0 Å². The van der Waals surface area contributed by atoms with Crippen molar-refractivity contribution in [2.75, 3.05) is 19.6 Å². The Labute approximate surface area is 146 Å². The molecule has 1 N–H and O–H groups in total. The summed E-state index contributed by atoms with van der Waals surface area (Å²) >= 11 is 6.10. The third-order valence-electron chi connectivity index (χ3n) is 4.50. The molecule has 1 fully saturated rings. The molecule has 2 aromatic carbocycles. The van der Waals surface area contributed by atoms with E-state index in [9.17, 15) is 9.18 Å². The minimum absolute atomic E-state index is 0.0634. The Morgan fingerprint density at radius 3 is 2.83 bits per heavy atom. The van der Waals surface area contributed by atoms with Gasteiger partial charge in [0.2, 0.25) is 5.91 Å². The van der Waals surface area contributed by atoms with Gasteiger partial charge in [-0.15, -0.1) is 0 Å². The van der Waals surface area contributed by atoms with E-state index in [0.29, 0.717) is 23.7 Å². The summed E-state index contributed by atoms with van der Waals surface area (Å²) in [7, 11) is 0. The van der Waals surface area contributed by atoms with Gasteiger partial charge in [0.1, 0.15) is 5.82 Å². The molecule has 2 unspecified atom stereocenters. The van der Waals surface area contributed by atoms with Crippen LogP contribution in [0.5, 0.6) is 0 Å². The minimum Gasteiger partial charge on any atom is -0.333 e. The number of nitrogens with zero attached hydrogens (tertiary/aromatic N) is 1. The van der Waals surface area contributed by atoms with Crippen LogP contribution in [0.1, 0.15) is 30.0 Å². The predicted octanol–water partition coefficient (Wildman–Crippen LogP) is 3.76. The third kappa shape index (κ3) is 3.45. The van der Waals surface area contributed by atoms with Crippen molar-refractivity contribution in [3.63, 3.8) is 0 Å². The lowest BCUT2D eigenvalue weighted by Crippen LogP contribution is -2.49. The van der Waals surface area contributed by atoms with E-state index in [2.05, 4.69) is 5.32 Å². The highest BCUT2D eigenvalue weighted by atomic mass is 35.5. The molecule has 0 spiro atoms. The summed E-state index contributed by atoms with van der Waals surface area (Å²) in [6.45, 7) is 3.75. The van der Waals surface area contributed by atoms with E-state index < -0.39 is 5.92 Å². The molecule has 3 rings (SSSR count). The van der Waals surface area contributed by atoms with E-state index in [1.807, 2.05) is 29.2 Å². The Morgan fingerprint density at radius 1 is 1.29 bits per heavy atom. The molecule has 2 aromatic rings. The van der Waals surface area contributed by atoms with Gasteiger partial charge in [-0.25, -0.2) is 4.39 Å². The topological polar surface area (TPSA) is 32.3 Å². The Morgan fingerprint density at radius 2 is 2.08 bits per heavy atom. The second kappa shape index (κ2) is 7.32. The molecule has 0 radical (unpaired) electrons.